The van der Waals surface area contributed by atoms with Gasteiger partial charge in [-0.25, -0.2) is 4.79 Å². The summed E-state index contributed by atoms with van der Waals surface area (Å²) in [7, 11) is 0. The number of carboxylic acids is 1. The van der Waals surface area contributed by atoms with Crippen molar-refractivity contribution in [2.45, 2.75) is 13.8 Å². The largest absolute Gasteiger partial charge is 0.493 e. The number of aromatic carboxylic acids is 1. The summed E-state index contributed by atoms with van der Waals surface area (Å²) in [5, 5.41) is 8.77. The number of ether oxygens (including phenoxy) is 1. The zero-order chi connectivity index (χ0) is 10.7. The molecular weight excluding hydrogens is 200 g/mol. The zero-order valence-electron chi connectivity index (χ0n) is 8.16. The van der Waals surface area contributed by atoms with Crippen LogP contribution in [0.15, 0.2) is 12.6 Å². The van der Waals surface area contributed by atoms with Crippen LogP contribution in [0.5, 0.6) is 0 Å². The standard InChI is InChI=1S/C10H12O3S/c1-4-13-7(3)9-6(2)5-8(14-9)10(11)12/h5H,3-4H2,1-2H3,(H,11,12). The molecule has 0 fully saturated rings. The Bertz CT molecular complexity index is 365. The molecule has 0 radical (unpaired) electrons. The van der Waals surface area contributed by atoms with Crippen molar-refractivity contribution in [2.75, 3.05) is 6.61 Å². The lowest BCUT2D eigenvalue weighted by atomic mass is 10.2. The number of rotatable bonds is 4. The smallest absolute Gasteiger partial charge is 0.345 e. The van der Waals surface area contributed by atoms with Crippen LogP contribution in [-0.4, -0.2) is 17.7 Å². The van der Waals surface area contributed by atoms with Crippen molar-refractivity contribution in [3.05, 3.63) is 28.0 Å². The van der Waals surface area contributed by atoms with Gasteiger partial charge in [-0.1, -0.05) is 6.58 Å². The molecule has 3 nitrogen and oxygen atoms in total. The summed E-state index contributed by atoms with van der Waals surface area (Å²) in [4.78, 5) is 11.8. The first-order valence-corrected chi connectivity index (χ1v) is 5.03. The molecule has 14 heavy (non-hydrogen) atoms. The van der Waals surface area contributed by atoms with E-state index in [-0.39, 0.29) is 0 Å². The van der Waals surface area contributed by atoms with Gasteiger partial charge in [-0.2, -0.15) is 0 Å². The Balaban J connectivity index is 2.98. The molecule has 0 aromatic carbocycles. The molecule has 0 aliphatic heterocycles. The summed E-state index contributed by atoms with van der Waals surface area (Å²) in [6.07, 6.45) is 0. The molecule has 0 saturated carbocycles. The SMILES string of the molecule is C=C(OCC)c1sc(C(=O)O)cc1C. The highest BCUT2D eigenvalue weighted by atomic mass is 32.1. The van der Waals surface area contributed by atoms with Gasteiger partial charge >= 0.3 is 5.97 Å². The maximum atomic E-state index is 10.7. The first-order chi connectivity index (χ1) is 6.56. The van der Waals surface area contributed by atoms with Crippen LogP contribution in [0.3, 0.4) is 0 Å². The van der Waals surface area contributed by atoms with E-state index in [9.17, 15) is 4.79 Å². The molecule has 0 amide bonds. The second-order valence-corrected chi connectivity index (χ2v) is 3.84. The van der Waals surface area contributed by atoms with Gasteiger partial charge < -0.3 is 9.84 Å². The molecule has 1 N–H and O–H groups in total. The van der Waals surface area contributed by atoms with E-state index in [2.05, 4.69) is 6.58 Å². The fraction of sp³-hybridized carbons (Fsp3) is 0.300. The maximum absolute atomic E-state index is 10.7. The lowest BCUT2D eigenvalue weighted by molar-refractivity contribution is 0.0702. The van der Waals surface area contributed by atoms with Crippen LogP contribution in [0, 0.1) is 6.92 Å². The zero-order valence-corrected chi connectivity index (χ0v) is 8.98. The molecule has 0 aliphatic rings. The van der Waals surface area contributed by atoms with Crippen molar-refractivity contribution >= 4 is 23.1 Å². The van der Waals surface area contributed by atoms with Crippen molar-refractivity contribution in [3.63, 3.8) is 0 Å². The molecule has 1 aromatic rings. The minimum atomic E-state index is -0.909. The molecule has 0 aliphatic carbocycles. The summed E-state index contributed by atoms with van der Waals surface area (Å²) < 4.78 is 5.22. The van der Waals surface area contributed by atoms with Crippen LogP contribution in [0.1, 0.15) is 27.0 Å². The Morgan fingerprint density at radius 1 is 1.71 bits per heavy atom. The highest BCUT2D eigenvalue weighted by molar-refractivity contribution is 7.15. The Labute approximate surface area is 86.6 Å². The number of aryl methyl sites for hydroxylation is 1. The maximum Gasteiger partial charge on any atom is 0.345 e. The van der Waals surface area contributed by atoms with E-state index in [1.165, 1.54) is 11.3 Å². The fourth-order valence-electron chi connectivity index (χ4n) is 1.10. The lowest BCUT2D eigenvalue weighted by Crippen LogP contribution is -1.90. The molecule has 1 heterocycles. The van der Waals surface area contributed by atoms with E-state index < -0.39 is 5.97 Å². The van der Waals surface area contributed by atoms with Gasteiger partial charge in [0.1, 0.15) is 10.6 Å². The molecule has 4 heteroatoms. The quantitative estimate of drug-likeness (QED) is 0.780. The Morgan fingerprint density at radius 2 is 2.36 bits per heavy atom. The summed E-state index contributed by atoms with van der Waals surface area (Å²) >= 11 is 1.19. The van der Waals surface area contributed by atoms with Crippen molar-refractivity contribution in [2.24, 2.45) is 0 Å². The third kappa shape index (κ3) is 2.14. The summed E-state index contributed by atoms with van der Waals surface area (Å²) in [5.41, 5.74) is 0.894. The van der Waals surface area contributed by atoms with Gasteiger partial charge in [-0.3, -0.25) is 0 Å². The topological polar surface area (TPSA) is 46.5 Å². The van der Waals surface area contributed by atoms with E-state index >= 15 is 0 Å². The second kappa shape index (κ2) is 4.28. The van der Waals surface area contributed by atoms with Crippen LogP contribution >= 0.6 is 11.3 Å². The van der Waals surface area contributed by atoms with Gasteiger partial charge in [0.2, 0.25) is 0 Å². The molecule has 0 spiro atoms. The molecule has 0 bridgehead atoms. The number of carbonyl (C=O) groups is 1. The monoisotopic (exact) mass is 212 g/mol. The Kier molecular flexibility index (Phi) is 3.30. The predicted molar refractivity (Wildman–Crippen MR) is 56.7 cm³/mol. The van der Waals surface area contributed by atoms with E-state index in [0.29, 0.717) is 17.2 Å². The summed E-state index contributed by atoms with van der Waals surface area (Å²) in [6.45, 7) is 8.00. The number of thiophene rings is 1. The van der Waals surface area contributed by atoms with Gasteiger partial charge in [0.05, 0.1) is 11.5 Å². The van der Waals surface area contributed by atoms with Gasteiger partial charge in [-0.15, -0.1) is 11.3 Å². The van der Waals surface area contributed by atoms with E-state index in [1.54, 1.807) is 6.07 Å². The third-order valence-electron chi connectivity index (χ3n) is 1.70. The Hall–Kier alpha value is -1.29. The van der Waals surface area contributed by atoms with Gasteiger partial charge in [0.15, 0.2) is 0 Å². The van der Waals surface area contributed by atoms with E-state index in [4.69, 9.17) is 9.84 Å². The van der Waals surface area contributed by atoms with Crippen LogP contribution in [0.4, 0.5) is 0 Å². The fourth-order valence-corrected chi connectivity index (χ4v) is 2.04. The van der Waals surface area contributed by atoms with Crippen LogP contribution in [-0.2, 0) is 4.74 Å². The van der Waals surface area contributed by atoms with Crippen LogP contribution in [0.2, 0.25) is 0 Å². The van der Waals surface area contributed by atoms with Crippen molar-refractivity contribution in [1.82, 2.24) is 0 Å². The van der Waals surface area contributed by atoms with Crippen LogP contribution in [0.25, 0.3) is 5.76 Å². The number of hydrogen-bond acceptors (Lipinski definition) is 3. The molecule has 1 aromatic heterocycles. The molecule has 76 valence electrons. The minimum absolute atomic E-state index is 0.318. The molecule has 0 saturated heterocycles. The number of carboxylic acid groups (broad SMARTS) is 1. The van der Waals surface area contributed by atoms with Gasteiger partial charge in [-0.05, 0) is 25.5 Å². The normalized spacial score (nSPS) is 9.86. The summed E-state index contributed by atoms with van der Waals surface area (Å²) in [5.74, 6) is -0.365. The Morgan fingerprint density at radius 3 is 2.79 bits per heavy atom. The summed E-state index contributed by atoms with van der Waals surface area (Å²) in [6, 6.07) is 1.63. The average molecular weight is 212 g/mol. The highest BCUT2D eigenvalue weighted by Crippen LogP contribution is 2.28. The van der Waals surface area contributed by atoms with E-state index in [1.807, 2.05) is 13.8 Å². The molecule has 0 unspecified atom stereocenters. The van der Waals surface area contributed by atoms with Crippen molar-refractivity contribution in [1.29, 1.82) is 0 Å². The van der Waals surface area contributed by atoms with Crippen molar-refractivity contribution < 1.29 is 14.6 Å². The second-order valence-electron chi connectivity index (χ2n) is 2.78. The lowest BCUT2D eigenvalue weighted by Gasteiger charge is -2.04. The van der Waals surface area contributed by atoms with E-state index in [0.717, 1.165) is 10.4 Å². The highest BCUT2D eigenvalue weighted by Gasteiger charge is 2.13. The third-order valence-corrected chi connectivity index (χ3v) is 2.97. The van der Waals surface area contributed by atoms with Crippen LogP contribution < -0.4 is 0 Å². The van der Waals surface area contributed by atoms with Crippen molar-refractivity contribution in [3.8, 4) is 0 Å². The van der Waals surface area contributed by atoms with Gasteiger partial charge in [0, 0.05) is 0 Å². The molecule has 1 rings (SSSR count). The first kappa shape index (κ1) is 10.8. The predicted octanol–water partition coefficient (Wildman–Crippen LogP) is 2.76. The average Bonchev–Trinajstić information content (AvgIpc) is 2.48. The molecule has 0 atom stereocenters. The minimum Gasteiger partial charge on any atom is -0.493 e. The first-order valence-electron chi connectivity index (χ1n) is 4.22. The molecular formula is C10H12O3S. The number of hydrogen-bond donors (Lipinski definition) is 1. The van der Waals surface area contributed by atoms with Gasteiger partial charge in [0.25, 0.3) is 0 Å².